The quantitative estimate of drug-likeness (QED) is 0.822. The van der Waals surface area contributed by atoms with E-state index in [1.807, 2.05) is 38.1 Å². The second-order valence-electron chi connectivity index (χ2n) is 4.47. The minimum atomic E-state index is -0.0448. The molecular formula is C13H22N4O. The summed E-state index contributed by atoms with van der Waals surface area (Å²) in [5.41, 5.74) is 0.481. The highest BCUT2D eigenvalue weighted by Gasteiger charge is 2.13. The first-order valence-electron chi connectivity index (χ1n) is 6.15. The fraction of sp³-hybridized carbons (Fsp3) is 0.538. The number of nitrogens with zero attached hydrogens (tertiary/aromatic N) is 3. The number of hydrogen-bond acceptors (Lipinski definition) is 4. The Morgan fingerprint density at radius 3 is 2.61 bits per heavy atom. The minimum Gasteiger partial charge on any atom is -0.370 e. The predicted octanol–water partition coefficient (Wildman–Crippen LogP) is 1.15. The lowest BCUT2D eigenvalue weighted by molar-refractivity contribution is 0.0780. The van der Waals surface area contributed by atoms with Crippen LogP contribution in [0.1, 0.15) is 17.4 Å². The zero-order valence-corrected chi connectivity index (χ0v) is 11.6. The standard InChI is InChI=1S/C13H22N4O/c1-5-14-12-8-6-7-11(15-12)13(18)17(4)10-9-16(2)3/h6-8H,5,9-10H2,1-4H3,(H,14,15). The maximum atomic E-state index is 12.1. The second-order valence-corrected chi connectivity index (χ2v) is 4.47. The van der Waals surface area contributed by atoms with Crippen molar-refractivity contribution in [2.75, 3.05) is 46.1 Å². The van der Waals surface area contributed by atoms with Gasteiger partial charge in [-0.05, 0) is 33.2 Å². The number of nitrogens with one attached hydrogen (secondary N) is 1. The number of rotatable bonds is 6. The zero-order chi connectivity index (χ0) is 13.5. The molecule has 1 heterocycles. The molecule has 0 aliphatic rings. The van der Waals surface area contributed by atoms with Gasteiger partial charge in [-0.2, -0.15) is 0 Å². The van der Waals surface area contributed by atoms with Crippen LogP contribution in [-0.4, -0.2) is 61.5 Å². The molecule has 0 radical (unpaired) electrons. The molecule has 0 unspecified atom stereocenters. The van der Waals surface area contributed by atoms with Gasteiger partial charge in [-0.3, -0.25) is 4.79 Å². The highest BCUT2D eigenvalue weighted by atomic mass is 16.2. The highest BCUT2D eigenvalue weighted by molar-refractivity contribution is 5.92. The average molecular weight is 250 g/mol. The summed E-state index contributed by atoms with van der Waals surface area (Å²) >= 11 is 0. The smallest absolute Gasteiger partial charge is 0.272 e. The van der Waals surface area contributed by atoms with Crippen LogP contribution in [0.2, 0.25) is 0 Å². The Hall–Kier alpha value is -1.62. The normalized spacial score (nSPS) is 10.5. The fourth-order valence-electron chi connectivity index (χ4n) is 1.48. The molecule has 5 nitrogen and oxygen atoms in total. The molecule has 0 aliphatic carbocycles. The van der Waals surface area contributed by atoms with Gasteiger partial charge in [-0.15, -0.1) is 0 Å². The predicted molar refractivity (Wildman–Crippen MR) is 73.9 cm³/mol. The van der Waals surface area contributed by atoms with Crippen molar-refractivity contribution in [2.45, 2.75) is 6.92 Å². The number of likely N-dealkylation sites (N-methyl/N-ethyl adjacent to an activating group) is 2. The van der Waals surface area contributed by atoms with E-state index in [4.69, 9.17) is 0 Å². The van der Waals surface area contributed by atoms with E-state index in [0.717, 1.165) is 18.9 Å². The minimum absolute atomic E-state index is 0.0448. The molecule has 1 rings (SSSR count). The Balaban J connectivity index is 2.67. The van der Waals surface area contributed by atoms with Crippen molar-refractivity contribution in [3.8, 4) is 0 Å². The van der Waals surface area contributed by atoms with Crippen LogP contribution in [0.5, 0.6) is 0 Å². The first kappa shape index (κ1) is 14.4. The molecule has 0 fully saturated rings. The lowest BCUT2D eigenvalue weighted by Crippen LogP contribution is -2.34. The Bertz CT molecular complexity index is 392. The molecule has 0 bridgehead atoms. The van der Waals surface area contributed by atoms with Crippen molar-refractivity contribution in [2.24, 2.45) is 0 Å². The van der Waals surface area contributed by atoms with E-state index in [-0.39, 0.29) is 5.91 Å². The van der Waals surface area contributed by atoms with Gasteiger partial charge in [-0.1, -0.05) is 6.07 Å². The van der Waals surface area contributed by atoms with Crippen molar-refractivity contribution >= 4 is 11.7 Å². The SMILES string of the molecule is CCNc1cccc(C(=O)N(C)CCN(C)C)n1. The maximum Gasteiger partial charge on any atom is 0.272 e. The van der Waals surface area contributed by atoms with Crippen LogP contribution in [0.15, 0.2) is 18.2 Å². The van der Waals surface area contributed by atoms with Crippen molar-refractivity contribution in [1.29, 1.82) is 0 Å². The number of anilines is 1. The van der Waals surface area contributed by atoms with E-state index in [0.29, 0.717) is 12.2 Å². The van der Waals surface area contributed by atoms with Crippen molar-refractivity contribution in [3.05, 3.63) is 23.9 Å². The molecule has 1 N–H and O–H groups in total. The topological polar surface area (TPSA) is 48.5 Å². The van der Waals surface area contributed by atoms with Crippen LogP contribution in [0, 0.1) is 0 Å². The van der Waals surface area contributed by atoms with Crippen LogP contribution < -0.4 is 5.32 Å². The monoisotopic (exact) mass is 250 g/mol. The zero-order valence-electron chi connectivity index (χ0n) is 11.6. The maximum absolute atomic E-state index is 12.1. The fourth-order valence-corrected chi connectivity index (χ4v) is 1.48. The van der Waals surface area contributed by atoms with Gasteiger partial charge in [0.15, 0.2) is 0 Å². The molecule has 18 heavy (non-hydrogen) atoms. The first-order chi connectivity index (χ1) is 8.54. The first-order valence-corrected chi connectivity index (χ1v) is 6.15. The van der Waals surface area contributed by atoms with Crippen LogP contribution in [0.4, 0.5) is 5.82 Å². The van der Waals surface area contributed by atoms with Gasteiger partial charge in [0.2, 0.25) is 0 Å². The number of pyridine rings is 1. The molecule has 0 saturated carbocycles. The van der Waals surface area contributed by atoms with E-state index in [1.54, 1.807) is 18.0 Å². The van der Waals surface area contributed by atoms with Crippen LogP contribution >= 0.6 is 0 Å². The van der Waals surface area contributed by atoms with Crippen molar-refractivity contribution in [3.63, 3.8) is 0 Å². The van der Waals surface area contributed by atoms with Gasteiger partial charge in [0.05, 0.1) is 0 Å². The molecule has 1 aromatic rings. The number of aromatic nitrogens is 1. The molecule has 0 saturated heterocycles. The van der Waals surface area contributed by atoms with E-state index in [9.17, 15) is 4.79 Å². The second kappa shape index (κ2) is 6.96. The molecule has 0 aliphatic heterocycles. The molecule has 5 heteroatoms. The van der Waals surface area contributed by atoms with Crippen molar-refractivity contribution in [1.82, 2.24) is 14.8 Å². The van der Waals surface area contributed by atoms with Gasteiger partial charge in [0, 0.05) is 26.7 Å². The summed E-state index contributed by atoms with van der Waals surface area (Å²) in [6, 6.07) is 5.45. The lowest BCUT2D eigenvalue weighted by Gasteiger charge is -2.19. The van der Waals surface area contributed by atoms with E-state index >= 15 is 0 Å². The Morgan fingerprint density at radius 1 is 1.28 bits per heavy atom. The molecule has 1 aromatic heterocycles. The summed E-state index contributed by atoms with van der Waals surface area (Å²) in [6.07, 6.45) is 0. The number of hydrogen-bond donors (Lipinski definition) is 1. The molecule has 0 atom stereocenters. The summed E-state index contributed by atoms with van der Waals surface area (Å²) in [7, 11) is 5.78. The van der Waals surface area contributed by atoms with Crippen molar-refractivity contribution < 1.29 is 4.79 Å². The number of carbonyl (C=O) groups is 1. The Kier molecular flexibility index (Phi) is 5.58. The largest absolute Gasteiger partial charge is 0.370 e. The van der Waals surface area contributed by atoms with Gasteiger partial charge in [-0.25, -0.2) is 4.98 Å². The summed E-state index contributed by atoms with van der Waals surface area (Å²) < 4.78 is 0. The van der Waals surface area contributed by atoms with Crippen LogP contribution in [-0.2, 0) is 0 Å². The summed E-state index contributed by atoms with van der Waals surface area (Å²) in [6.45, 7) is 4.33. The third-order valence-corrected chi connectivity index (χ3v) is 2.56. The Labute approximate surface area is 109 Å². The molecule has 1 amide bonds. The van der Waals surface area contributed by atoms with Crippen LogP contribution in [0.25, 0.3) is 0 Å². The van der Waals surface area contributed by atoms with Crippen LogP contribution in [0.3, 0.4) is 0 Å². The Morgan fingerprint density at radius 2 is 2.00 bits per heavy atom. The van der Waals surface area contributed by atoms with Gasteiger partial charge in [0.1, 0.15) is 11.5 Å². The van der Waals surface area contributed by atoms with E-state index in [2.05, 4.69) is 10.3 Å². The highest BCUT2D eigenvalue weighted by Crippen LogP contribution is 2.06. The van der Waals surface area contributed by atoms with Gasteiger partial charge in [0.25, 0.3) is 5.91 Å². The molecule has 0 spiro atoms. The molecule has 0 aromatic carbocycles. The van der Waals surface area contributed by atoms with E-state index < -0.39 is 0 Å². The van der Waals surface area contributed by atoms with Gasteiger partial charge < -0.3 is 15.1 Å². The summed E-state index contributed by atoms with van der Waals surface area (Å²) in [4.78, 5) is 20.2. The third-order valence-electron chi connectivity index (χ3n) is 2.56. The van der Waals surface area contributed by atoms with Gasteiger partial charge >= 0.3 is 0 Å². The summed E-state index contributed by atoms with van der Waals surface area (Å²) in [5.74, 6) is 0.695. The lowest BCUT2D eigenvalue weighted by atomic mass is 10.3. The number of amides is 1. The average Bonchev–Trinajstić information content (AvgIpc) is 2.35. The third kappa shape index (κ3) is 4.33. The number of carbonyl (C=O) groups excluding carboxylic acids is 1. The summed E-state index contributed by atoms with van der Waals surface area (Å²) in [5, 5.41) is 3.10. The van der Waals surface area contributed by atoms with E-state index in [1.165, 1.54) is 0 Å². The molecular weight excluding hydrogens is 228 g/mol. The molecule has 100 valence electrons.